The van der Waals surface area contributed by atoms with Gasteiger partial charge in [-0.25, -0.2) is 22.2 Å². The highest BCUT2D eigenvalue weighted by atomic mass is 35.5. The maximum Gasteiger partial charge on any atom is 0.166 e. The molecule has 0 aliphatic rings. The van der Waals surface area contributed by atoms with Crippen molar-refractivity contribution in [3.05, 3.63) is 65.0 Å². The topological polar surface area (TPSA) is 41.5 Å². The Kier molecular flexibility index (Phi) is 5.20. The molecule has 0 fully saturated rings. The van der Waals surface area contributed by atoms with Crippen LogP contribution in [0.1, 0.15) is 11.1 Å². The van der Waals surface area contributed by atoms with Crippen LogP contribution in [0.3, 0.4) is 0 Å². The minimum atomic E-state index is -1.74. The summed E-state index contributed by atoms with van der Waals surface area (Å²) in [6.07, 6.45) is 0. The Balaban J connectivity index is 2.20. The van der Waals surface area contributed by atoms with Crippen LogP contribution in [0.2, 0.25) is 0 Å². The van der Waals surface area contributed by atoms with Gasteiger partial charge in [0, 0.05) is 12.1 Å². The zero-order chi connectivity index (χ0) is 16.3. The van der Waals surface area contributed by atoms with Gasteiger partial charge in [-0.05, 0) is 19.1 Å². The first kappa shape index (κ1) is 16.5. The Bertz CT molecular complexity index is 727. The van der Waals surface area contributed by atoms with Gasteiger partial charge in [-0.15, -0.1) is 0 Å². The molecule has 0 aromatic heterocycles. The number of hydrogen-bond donors (Lipinski definition) is 1. The van der Waals surface area contributed by atoms with Crippen LogP contribution in [0.4, 0.5) is 13.2 Å². The summed E-state index contributed by atoms with van der Waals surface area (Å²) in [6, 6.07) is 7.68. The van der Waals surface area contributed by atoms with Crippen LogP contribution in [0, 0.1) is 24.4 Å². The molecule has 2 rings (SSSR count). The zero-order valence-electron chi connectivity index (χ0n) is 11.2. The number of aryl methyl sites for hydroxylation is 1. The third-order valence-corrected chi connectivity index (χ3v) is 3.91. The molecule has 0 aliphatic heterocycles. The Morgan fingerprint density at radius 2 is 1.68 bits per heavy atom. The van der Waals surface area contributed by atoms with Crippen LogP contribution >= 0.6 is 11.6 Å². The van der Waals surface area contributed by atoms with Crippen LogP contribution in [-0.2, 0) is 11.0 Å². The van der Waals surface area contributed by atoms with Gasteiger partial charge in [-0.1, -0.05) is 29.3 Å². The van der Waals surface area contributed by atoms with Gasteiger partial charge < -0.3 is 0 Å². The molecular formula is C14H10ClF3N2OS. The Hall–Kier alpha value is -1.86. The number of halogens is 4. The summed E-state index contributed by atoms with van der Waals surface area (Å²) in [6.45, 7) is 1.87. The first-order valence-corrected chi connectivity index (χ1v) is 7.53. The number of hydrogen-bond acceptors (Lipinski definition) is 2. The lowest BCUT2D eigenvalue weighted by Crippen LogP contribution is -2.14. The van der Waals surface area contributed by atoms with E-state index < -0.39 is 39.2 Å². The second-order valence-corrected chi connectivity index (χ2v) is 5.87. The standard InChI is InChI=1S/C14H10ClF3N2OS/c1-8-2-4-10(5-3-8)22(21)20-19-14(15)13-11(17)6-9(16)7-12(13)18/h2-7,20H,1H3/b19-14-. The summed E-state index contributed by atoms with van der Waals surface area (Å²) in [4.78, 5) is 2.60. The van der Waals surface area contributed by atoms with Crippen molar-refractivity contribution in [1.82, 2.24) is 4.83 Å². The molecule has 2 aromatic rings. The van der Waals surface area contributed by atoms with E-state index in [1.165, 1.54) is 0 Å². The highest BCUT2D eigenvalue weighted by molar-refractivity contribution is 7.83. The molecule has 22 heavy (non-hydrogen) atoms. The molecule has 0 bridgehead atoms. The lowest BCUT2D eigenvalue weighted by atomic mass is 10.2. The minimum absolute atomic E-state index is 0.416. The van der Waals surface area contributed by atoms with Gasteiger partial charge >= 0.3 is 0 Å². The summed E-state index contributed by atoms with van der Waals surface area (Å²) in [5.74, 6) is -3.47. The monoisotopic (exact) mass is 346 g/mol. The fraction of sp³-hybridized carbons (Fsp3) is 0.0714. The predicted molar refractivity (Wildman–Crippen MR) is 79.4 cm³/mol. The normalized spacial score (nSPS) is 13.0. The van der Waals surface area contributed by atoms with Crippen LogP contribution in [0.25, 0.3) is 0 Å². The summed E-state index contributed by atoms with van der Waals surface area (Å²) in [5, 5.41) is 2.87. The van der Waals surface area contributed by atoms with Crippen molar-refractivity contribution in [2.75, 3.05) is 0 Å². The highest BCUT2D eigenvalue weighted by Gasteiger charge is 2.16. The molecule has 0 saturated heterocycles. The maximum atomic E-state index is 13.5. The Morgan fingerprint density at radius 1 is 1.14 bits per heavy atom. The van der Waals surface area contributed by atoms with Crippen molar-refractivity contribution in [3.63, 3.8) is 0 Å². The second kappa shape index (κ2) is 6.93. The molecule has 0 amide bonds. The van der Waals surface area contributed by atoms with Gasteiger partial charge in [-0.2, -0.15) is 5.10 Å². The van der Waals surface area contributed by atoms with Crippen LogP contribution in [-0.4, -0.2) is 9.38 Å². The fourth-order valence-corrected chi connectivity index (χ4v) is 2.53. The van der Waals surface area contributed by atoms with E-state index in [4.69, 9.17) is 11.6 Å². The first-order chi connectivity index (χ1) is 10.4. The number of rotatable bonds is 4. The minimum Gasteiger partial charge on any atom is -0.230 e. The molecule has 0 heterocycles. The summed E-state index contributed by atoms with van der Waals surface area (Å²) < 4.78 is 51.7. The van der Waals surface area contributed by atoms with Crippen molar-refractivity contribution >= 4 is 27.8 Å². The summed E-state index contributed by atoms with van der Waals surface area (Å²) in [5.41, 5.74) is 0.286. The van der Waals surface area contributed by atoms with E-state index in [0.717, 1.165) is 5.56 Å². The largest absolute Gasteiger partial charge is 0.230 e. The summed E-state index contributed by atoms with van der Waals surface area (Å²) in [7, 11) is -1.74. The van der Waals surface area contributed by atoms with E-state index in [1.807, 2.05) is 6.92 Å². The molecule has 2 aromatic carbocycles. The average molecular weight is 347 g/mol. The molecular weight excluding hydrogens is 337 g/mol. The number of hydrazone groups is 1. The molecule has 1 atom stereocenters. The number of nitrogens with zero attached hydrogens (tertiary/aromatic N) is 1. The van der Waals surface area contributed by atoms with Gasteiger partial charge in [0.05, 0.1) is 10.5 Å². The molecule has 1 N–H and O–H groups in total. The zero-order valence-corrected chi connectivity index (χ0v) is 12.8. The SMILES string of the molecule is Cc1ccc(S(=O)N/N=C(\Cl)c2c(F)cc(F)cc2F)cc1. The lowest BCUT2D eigenvalue weighted by molar-refractivity contribution is 0.540. The van der Waals surface area contributed by atoms with E-state index in [-0.39, 0.29) is 0 Å². The van der Waals surface area contributed by atoms with Crippen LogP contribution in [0.5, 0.6) is 0 Å². The lowest BCUT2D eigenvalue weighted by Gasteiger charge is -2.05. The van der Waals surface area contributed by atoms with Gasteiger partial charge in [-0.3, -0.25) is 0 Å². The van der Waals surface area contributed by atoms with Crippen molar-refractivity contribution < 1.29 is 17.4 Å². The first-order valence-electron chi connectivity index (χ1n) is 6.00. The molecule has 0 saturated carbocycles. The molecule has 3 nitrogen and oxygen atoms in total. The predicted octanol–water partition coefficient (Wildman–Crippen LogP) is 3.63. The molecule has 8 heteroatoms. The smallest absolute Gasteiger partial charge is 0.166 e. The van der Waals surface area contributed by atoms with Gasteiger partial charge in [0.25, 0.3) is 0 Å². The van der Waals surface area contributed by atoms with E-state index in [2.05, 4.69) is 9.93 Å². The van der Waals surface area contributed by atoms with Gasteiger partial charge in [0.15, 0.2) is 16.2 Å². The average Bonchev–Trinajstić information content (AvgIpc) is 2.44. The Labute approximate surface area is 132 Å². The van der Waals surface area contributed by atoms with Crippen molar-refractivity contribution in [1.29, 1.82) is 0 Å². The third-order valence-electron chi connectivity index (χ3n) is 2.67. The molecule has 116 valence electrons. The summed E-state index contributed by atoms with van der Waals surface area (Å²) >= 11 is 5.68. The quantitative estimate of drug-likeness (QED) is 0.666. The molecule has 1 unspecified atom stereocenters. The molecule has 0 radical (unpaired) electrons. The molecule has 0 aliphatic carbocycles. The number of benzene rings is 2. The Morgan fingerprint density at radius 3 is 2.23 bits per heavy atom. The number of nitrogens with one attached hydrogen (secondary N) is 1. The van der Waals surface area contributed by atoms with Gasteiger partial charge in [0.1, 0.15) is 17.5 Å². The third kappa shape index (κ3) is 3.86. The highest BCUT2D eigenvalue weighted by Crippen LogP contribution is 2.17. The van der Waals surface area contributed by atoms with Crippen molar-refractivity contribution in [3.8, 4) is 0 Å². The van der Waals surface area contributed by atoms with E-state index in [0.29, 0.717) is 17.0 Å². The molecule has 0 spiro atoms. The fourth-order valence-electron chi connectivity index (χ4n) is 1.59. The van der Waals surface area contributed by atoms with E-state index >= 15 is 0 Å². The maximum absolute atomic E-state index is 13.5. The van der Waals surface area contributed by atoms with Crippen LogP contribution < -0.4 is 4.83 Å². The second-order valence-electron chi connectivity index (χ2n) is 4.32. The van der Waals surface area contributed by atoms with E-state index in [1.54, 1.807) is 24.3 Å². The van der Waals surface area contributed by atoms with Gasteiger partial charge in [0.2, 0.25) is 0 Å². The van der Waals surface area contributed by atoms with Crippen LogP contribution in [0.15, 0.2) is 46.4 Å². The van der Waals surface area contributed by atoms with E-state index in [9.17, 15) is 17.4 Å². The van der Waals surface area contributed by atoms with Crippen molar-refractivity contribution in [2.24, 2.45) is 5.10 Å². The van der Waals surface area contributed by atoms with Crippen molar-refractivity contribution in [2.45, 2.75) is 11.8 Å².